The third-order valence-electron chi connectivity index (χ3n) is 3.01. The van der Waals surface area contributed by atoms with E-state index in [1.165, 1.54) is 26.4 Å². The summed E-state index contributed by atoms with van der Waals surface area (Å²) in [5, 5.41) is 2.60. The zero-order valence-electron chi connectivity index (χ0n) is 13.6. The van der Waals surface area contributed by atoms with Gasteiger partial charge in [-0.25, -0.2) is 4.79 Å². The first-order chi connectivity index (χ1) is 12.0. The molecular formula is C17H16BrNO6. The summed E-state index contributed by atoms with van der Waals surface area (Å²) in [6.45, 7) is -0.430. The van der Waals surface area contributed by atoms with E-state index in [4.69, 9.17) is 18.6 Å². The van der Waals surface area contributed by atoms with E-state index in [1.54, 1.807) is 30.3 Å². The van der Waals surface area contributed by atoms with E-state index >= 15 is 0 Å². The first-order valence-electron chi connectivity index (χ1n) is 7.14. The Hall–Kier alpha value is -2.74. The van der Waals surface area contributed by atoms with Crippen LogP contribution in [0.4, 0.5) is 5.69 Å². The van der Waals surface area contributed by atoms with Crippen LogP contribution in [-0.2, 0) is 14.3 Å². The van der Waals surface area contributed by atoms with Gasteiger partial charge in [0.2, 0.25) is 0 Å². The number of furan rings is 1. The van der Waals surface area contributed by atoms with Crippen LogP contribution in [0.2, 0.25) is 0 Å². The third-order valence-corrected chi connectivity index (χ3v) is 3.43. The van der Waals surface area contributed by atoms with Crippen LogP contribution in [0.1, 0.15) is 5.76 Å². The van der Waals surface area contributed by atoms with Crippen LogP contribution in [0, 0.1) is 0 Å². The maximum atomic E-state index is 11.9. The van der Waals surface area contributed by atoms with Crippen molar-refractivity contribution in [2.45, 2.75) is 0 Å². The lowest BCUT2D eigenvalue weighted by atomic mass is 10.2. The summed E-state index contributed by atoms with van der Waals surface area (Å²) in [7, 11) is 3.00. The highest BCUT2D eigenvalue weighted by Gasteiger charge is 2.10. The fourth-order valence-electron chi connectivity index (χ4n) is 1.84. The molecule has 2 rings (SSSR count). The van der Waals surface area contributed by atoms with Crippen LogP contribution in [0.15, 0.2) is 45.5 Å². The molecule has 0 atom stereocenters. The number of carbonyl (C=O) groups excluding carboxylic acids is 2. The van der Waals surface area contributed by atoms with Gasteiger partial charge in [-0.1, -0.05) is 0 Å². The molecule has 0 radical (unpaired) electrons. The van der Waals surface area contributed by atoms with E-state index in [0.29, 0.717) is 27.6 Å². The minimum Gasteiger partial charge on any atom is -0.497 e. The van der Waals surface area contributed by atoms with Crippen molar-refractivity contribution in [2.24, 2.45) is 0 Å². The van der Waals surface area contributed by atoms with Crippen LogP contribution < -0.4 is 14.8 Å². The number of nitrogens with one attached hydrogen (secondary N) is 1. The fraction of sp³-hybridized carbons (Fsp3) is 0.176. The average molecular weight is 410 g/mol. The number of hydrogen-bond donors (Lipinski definition) is 1. The minimum absolute atomic E-state index is 0.430. The quantitative estimate of drug-likeness (QED) is 0.557. The van der Waals surface area contributed by atoms with Crippen molar-refractivity contribution in [2.75, 3.05) is 26.1 Å². The second-order valence-corrected chi connectivity index (χ2v) is 5.48. The van der Waals surface area contributed by atoms with Gasteiger partial charge in [-0.3, -0.25) is 4.79 Å². The first-order valence-corrected chi connectivity index (χ1v) is 7.93. The first kappa shape index (κ1) is 18.6. The van der Waals surface area contributed by atoms with E-state index in [-0.39, 0.29) is 0 Å². The Morgan fingerprint density at radius 3 is 2.64 bits per heavy atom. The molecule has 0 aliphatic heterocycles. The molecule has 1 aromatic carbocycles. The lowest BCUT2D eigenvalue weighted by Crippen LogP contribution is -2.20. The highest BCUT2D eigenvalue weighted by atomic mass is 79.9. The molecular weight excluding hydrogens is 394 g/mol. The topological polar surface area (TPSA) is 87.0 Å². The molecule has 132 valence electrons. The molecule has 1 heterocycles. The molecule has 1 N–H and O–H groups in total. The van der Waals surface area contributed by atoms with Gasteiger partial charge < -0.3 is 23.9 Å². The SMILES string of the molecule is COc1ccc(NC(=O)COC(=O)C=Cc2ccc(Br)o2)c(OC)c1. The monoisotopic (exact) mass is 409 g/mol. The van der Waals surface area contributed by atoms with Crippen molar-refractivity contribution in [1.82, 2.24) is 0 Å². The van der Waals surface area contributed by atoms with Crippen molar-refractivity contribution < 1.29 is 28.2 Å². The number of anilines is 1. The molecule has 0 bridgehead atoms. The standard InChI is InChI=1S/C17H16BrNO6/c1-22-12-3-6-13(14(9-12)23-2)19-16(20)10-24-17(21)8-5-11-4-7-15(18)25-11/h3-9H,10H2,1-2H3,(H,19,20). The largest absolute Gasteiger partial charge is 0.497 e. The predicted octanol–water partition coefficient (Wildman–Crippen LogP) is 3.25. The third kappa shape index (κ3) is 5.68. The molecule has 25 heavy (non-hydrogen) atoms. The minimum atomic E-state index is -0.663. The van der Waals surface area contributed by atoms with Gasteiger partial charge in [0.15, 0.2) is 11.3 Å². The number of benzene rings is 1. The maximum absolute atomic E-state index is 11.9. The van der Waals surface area contributed by atoms with Crippen LogP contribution in [0.3, 0.4) is 0 Å². The normalized spacial score (nSPS) is 10.5. The van der Waals surface area contributed by atoms with Crippen LogP contribution >= 0.6 is 15.9 Å². The highest BCUT2D eigenvalue weighted by molar-refractivity contribution is 9.10. The van der Waals surface area contributed by atoms with E-state index in [1.807, 2.05) is 0 Å². The number of esters is 1. The van der Waals surface area contributed by atoms with Gasteiger partial charge >= 0.3 is 5.97 Å². The predicted molar refractivity (Wildman–Crippen MR) is 94.6 cm³/mol. The van der Waals surface area contributed by atoms with E-state index in [9.17, 15) is 9.59 Å². The Morgan fingerprint density at radius 2 is 2.00 bits per heavy atom. The van der Waals surface area contributed by atoms with Gasteiger partial charge in [0.25, 0.3) is 5.91 Å². The molecule has 0 aliphatic rings. The number of ether oxygens (including phenoxy) is 3. The summed E-state index contributed by atoms with van der Waals surface area (Å²) < 4.78 is 20.9. The van der Waals surface area contributed by atoms with E-state index in [0.717, 1.165) is 0 Å². The zero-order valence-corrected chi connectivity index (χ0v) is 15.2. The maximum Gasteiger partial charge on any atom is 0.331 e. The van der Waals surface area contributed by atoms with Crippen molar-refractivity contribution in [3.8, 4) is 11.5 Å². The zero-order chi connectivity index (χ0) is 18.2. The average Bonchev–Trinajstić information content (AvgIpc) is 3.03. The second kappa shape index (κ2) is 8.93. The van der Waals surface area contributed by atoms with Gasteiger partial charge in [0.05, 0.1) is 19.9 Å². The second-order valence-electron chi connectivity index (χ2n) is 4.70. The molecule has 0 spiro atoms. The van der Waals surface area contributed by atoms with Crippen molar-refractivity contribution in [3.05, 3.63) is 46.8 Å². The number of halogens is 1. The smallest absolute Gasteiger partial charge is 0.331 e. The Balaban J connectivity index is 1.86. The molecule has 1 aromatic heterocycles. The Morgan fingerprint density at radius 1 is 1.20 bits per heavy atom. The molecule has 7 nitrogen and oxygen atoms in total. The Labute approximate surface area is 152 Å². The van der Waals surface area contributed by atoms with Crippen molar-refractivity contribution >= 4 is 39.6 Å². The number of rotatable bonds is 7. The number of carbonyl (C=O) groups is 2. The number of hydrogen-bond acceptors (Lipinski definition) is 6. The molecule has 0 fully saturated rings. The molecule has 2 aromatic rings. The van der Waals surface area contributed by atoms with Gasteiger partial charge in [-0.2, -0.15) is 0 Å². The summed E-state index contributed by atoms with van der Waals surface area (Å²) in [5.74, 6) is 0.352. The molecule has 0 saturated carbocycles. The van der Waals surface area contributed by atoms with Gasteiger partial charge in [-0.05, 0) is 46.3 Å². The number of methoxy groups -OCH3 is 2. The fourth-order valence-corrected chi connectivity index (χ4v) is 2.16. The molecule has 0 aliphatic carbocycles. The van der Waals surface area contributed by atoms with Gasteiger partial charge in [0.1, 0.15) is 17.3 Å². The Bertz CT molecular complexity index is 783. The molecule has 0 saturated heterocycles. The van der Waals surface area contributed by atoms with Gasteiger partial charge in [0, 0.05) is 12.1 Å². The van der Waals surface area contributed by atoms with Crippen LogP contribution in [0.5, 0.6) is 11.5 Å². The molecule has 0 unspecified atom stereocenters. The van der Waals surface area contributed by atoms with E-state index in [2.05, 4.69) is 21.2 Å². The van der Waals surface area contributed by atoms with Crippen molar-refractivity contribution in [3.63, 3.8) is 0 Å². The highest BCUT2D eigenvalue weighted by Crippen LogP contribution is 2.28. The van der Waals surface area contributed by atoms with Gasteiger partial charge in [-0.15, -0.1) is 0 Å². The van der Waals surface area contributed by atoms with E-state index < -0.39 is 18.5 Å². The lowest BCUT2D eigenvalue weighted by molar-refractivity contribution is -0.142. The lowest BCUT2D eigenvalue weighted by Gasteiger charge is -2.11. The summed E-state index contributed by atoms with van der Waals surface area (Å²) >= 11 is 3.15. The summed E-state index contributed by atoms with van der Waals surface area (Å²) in [6.07, 6.45) is 2.62. The van der Waals surface area contributed by atoms with Crippen LogP contribution in [0.25, 0.3) is 6.08 Å². The summed E-state index contributed by atoms with van der Waals surface area (Å²) in [5.41, 5.74) is 0.445. The Kier molecular flexibility index (Phi) is 6.64. The summed E-state index contributed by atoms with van der Waals surface area (Å²) in [6, 6.07) is 8.31. The molecule has 1 amide bonds. The van der Waals surface area contributed by atoms with Crippen molar-refractivity contribution in [1.29, 1.82) is 0 Å². The molecule has 8 heteroatoms. The summed E-state index contributed by atoms with van der Waals surface area (Å²) in [4.78, 5) is 23.5. The number of amides is 1. The van der Waals surface area contributed by atoms with Crippen LogP contribution in [-0.4, -0.2) is 32.7 Å².